The third-order valence-corrected chi connectivity index (χ3v) is 3.29. The van der Waals surface area contributed by atoms with Crippen LogP contribution < -0.4 is 0 Å². The van der Waals surface area contributed by atoms with Crippen LogP contribution in [-0.2, 0) is 11.2 Å². The molecular weight excluding hydrogens is 224 g/mol. The average molecular weight is 234 g/mol. The number of rotatable bonds is 3. The first-order valence-electron chi connectivity index (χ1n) is 4.75. The van der Waals surface area contributed by atoms with Crippen LogP contribution in [-0.4, -0.2) is 21.0 Å². The zero-order chi connectivity index (χ0) is 11.5. The molecule has 2 aromatic heterocycles. The zero-order valence-electron chi connectivity index (χ0n) is 8.67. The molecule has 5 heteroatoms. The van der Waals surface area contributed by atoms with E-state index in [1.807, 2.05) is 19.1 Å². The molecule has 0 radical (unpaired) electrons. The largest absolute Gasteiger partial charge is 0.481 e. The molecule has 82 valence electrons. The Hall–Kier alpha value is -1.75. The molecule has 0 aliphatic rings. The number of carbonyl (C=O) groups is 1. The van der Waals surface area contributed by atoms with Gasteiger partial charge in [0.2, 0.25) is 0 Å². The highest BCUT2D eigenvalue weighted by Gasteiger charge is 2.11. The number of pyridine rings is 1. The fourth-order valence-electron chi connectivity index (χ4n) is 1.43. The quantitative estimate of drug-likeness (QED) is 0.883. The maximum atomic E-state index is 10.6. The SMILES string of the molecule is Cc1nc(CC(=O)O)sc1-c1ccncc1. The van der Waals surface area contributed by atoms with Gasteiger partial charge in [-0.15, -0.1) is 11.3 Å². The van der Waals surface area contributed by atoms with Crippen LogP contribution in [0.15, 0.2) is 24.5 Å². The number of thiazole rings is 1. The summed E-state index contributed by atoms with van der Waals surface area (Å²) in [5, 5.41) is 9.33. The number of aromatic nitrogens is 2. The van der Waals surface area contributed by atoms with E-state index in [1.165, 1.54) is 11.3 Å². The van der Waals surface area contributed by atoms with Gasteiger partial charge < -0.3 is 5.11 Å². The second-order valence-corrected chi connectivity index (χ2v) is 4.41. The van der Waals surface area contributed by atoms with E-state index in [0.717, 1.165) is 16.1 Å². The fourth-order valence-corrected chi connectivity index (χ4v) is 2.49. The van der Waals surface area contributed by atoms with Crippen LogP contribution in [0.3, 0.4) is 0 Å². The summed E-state index contributed by atoms with van der Waals surface area (Å²) < 4.78 is 0. The molecule has 0 saturated carbocycles. The molecule has 0 amide bonds. The smallest absolute Gasteiger partial charge is 0.310 e. The molecule has 0 unspecified atom stereocenters. The second kappa shape index (κ2) is 4.40. The highest BCUT2D eigenvalue weighted by molar-refractivity contribution is 7.15. The fraction of sp³-hybridized carbons (Fsp3) is 0.182. The topological polar surface area (TPSA) is 63.1 Å². The van der Waals surface area contributed by atoms with Gasteiger partial charge >= 0.3 is 5.97 Å². The van der Waals surface area contributed by atoms with Gasteiger partial charge in [-0.2, -0.15) is 0 Å². The van der Waals surface area contributed by atoms with Crippen molar-refractivity contribution >= 4 is 17.3 Å². The Morgan fingerprint density at radius 3 is 2.75 bits per heavy atom. The minimum absolute atomic E-state index is 0.0173. The van der Waals surface area contributed by atoms with Gasteiger partial charge in [0, 0.05) is 12.4 Å². The van der Waals surface area contributed by atoms with E-state index in [2.05, 4.69) is 9.97 Å². The van der Waals surface area contributed by atoms with Crippen molar-refractivity contribution in [2.24, 2.45) is 0 Å². The van der Waals surface area contributed by atoms with Crippen molar-refractivity contribution < 1.29 is 9.90 Å². The number of carboxylic acids is 1. The third kappa shape index (κ3) is 2.25. The number of hydrogen-bond acceptors (Lipinski definition) is 4. The lowest BCUT2D eigenvalue weighted by atomic mass is 10.2. The molecule has 0 aromatic carbocycles. The highest BCUT2D eigenvalue weighted by atomic mass is 32.1. The maximum Gasteiger partial charge on any atom is 0.310 e. The van der Waals surface area contributed by atoms with Crippen LogP contribution >= 0.6 is 11.3 Å². The lowest BCUT2D eigenvalue weighted by Gasteiger charge is -1.95. The summed E-state index contributed by atoms with van der Waals surface area (Å²) in [6.45, 7) is 1.89. The third-order valence-electron chi connectivity index (χ3n) is 2.09. The van der Waals surface area contributed by atoms with E-state index in [1.54, 1.807) is 12.4 Å². The minimum atomic E-state index is -0.852. The van der Waals surface area contributed by atoms with Gasteiger partial charge in [-0.05, 0) is 24.6 Å². The predicted molar refractivity (Wildman–Crippen MR) is 61.4 cm³/mol. The summed E-state index contributed by atoms with van der Waals surface area (Å²) in [4.78, 5) is 19.8. The molecule has 4 nitrogen and oxygen atoms in total. The molecule has 2 heterocycles. The Morgan fingerprint density at radius 2 is 2.12 bits per heavy atom. The van der Waals surface area contributed by atoms with Crippen molar-refractivity contribution in [3.63, 3.8) is 0 Å². The second-order valence-electron chi connectivity index (χ2n) is 3.33. The predicted octanol–water partition coefficient (Wildman–Crippen LogP) is 2.14. The van der Waals surface area contributed by atoms with Gasteiger partial charge in [0.05, 0.1) is 17.0 Å². The molecule has 1 N–H and O–H groups in total. The molecule has 2 aromatic rings. The highest BCUT2D eigenvalue weighted by Crippen LogP contribution is 2.29. The molecule has 0 aliphatic heterocycles. The standard InChI is InChI=1S/C11H10N2O2S/c1-7-11(8-2-4-12-5-3-8)16-9(13-7)6-10(14)15/h2-5H,6H2,1H3,(H,14,15). The van der Waals surface area contributed by atoms with Gasteiger partial charge in [-0.3, -0.25) is 9.78 Å². The Morgan fingerprint density at radius 1 is 1.44 bits per heavy atom. The first-order chi connectivity index (χ1) is 7.66. The van der Waals surface area contributed by atoms with Gasteiger partial charge in [-0.1, -0.05) is 0 Å². The number of aliphatic carboxylic acids is 1. The van der Waals surface area contributed by atoms with Crippen molar-refractivity contribution in [2.75, 3.05) is 0 Å². The number of hydrogen-bond donors (Lipinski definition) is 1. The first kappa shape index (κ1) is 10.8. The molecule has 16 heavy (non-hydrogen) atoms. The monoisotopic (exact) mass is 234 g/mol. The van der Waals surface area contributed by atoms with E-state index in [4.69, 9.17) is 5.11 Å². The Bertz CT molecular complexity index is 508. The van der Waals surface area contributed by atoms with E-state index in [-0.39, 0.29) is 6.42 Å². The lowest BCUT2D eigenvalue weighted by molar-refractivity contribution is -0.136. The van der Waals surface area contributed by atoms with Gasteiger partial charge in [0.15, 0.2) is 0 Å². The molecule has 0 fully saturated rings. The van der Waals surface area contributed by atoms with Crippen molar-refractivity contribution in [1.82, 2.24) is 9.97 Å². The lowest BCUT2D eigenvalue weighted by Crippen LogP contribution is -1.98. The maximum absolute atomic E-state index is 10.6. The van der Waals surface area contributed by atoms with Crippen LogP contribution in [0.4, 0.5) is 0 Å². The van der Waals surface area contributed by atoms with E-state index in [9.17, 15) is 4.79 Å². The summed E-state index contributed by atoms with van der Waals surface area (Å²) in [6, 6.07) is 3.79. The first-order valence-corrected chi connectivity index (χ1v) is 5.57. The molecular formula is C11H10N2O2S. The molecule has 0 spiro atoms. The van der Waals surface area contributed by atoms with E-state index >= 15 is 0 Å². The molecule has 0 aliphatic carbocycles. The van der Waals surface area contributed by atoms with Crippen molar-refractivity contribution in [3.8, 4) is 10.4 Å². The molecule has 2 rings (SSSR count). The van der Waals surface area contributed by atoms with Gasteiger partial charge in [0.1, 0.15) is 5.01 Å². The summed E-state index contributed by atoms with van der Waals surface area (Å²) >= 11 is 1.42. The normalized spacial score (nSPS) is 10.3. The van der Waals surface area contributed by atoms with E-state index in [0.29, 0.717) is 5.01 Å². The summed E-state index contributed by atoms with van der Waals surface area (Å²) in [5.41, 5.74) is 1.90. The van der Waals surface area contributed by atoms with Crippen molar-refractivity contribution in [1.29, 1.82) is 0 Å². The van der Waals surface area contributed by atoms with Crippen molar-refractivity contribution in [3.05, 3.63) is 35.2 Å². The van der Waals surface area contributed by atoms with Crippen LogP contribution in [0.25, 0.3) is 10.4 Å². The number of aryl methyl sites for hydroxylation is 1. The molecule has 0 atom stereocenters. The van der Waals surface area contributed by atoms with Crippen molar-refractivity contribution in [2.45, 2.75) is 13.3 Å². The molecule has 0 bridgehead atoms. The molecule has 0 saturated heterocycles. The van der Waals surface area contributed by atoms with Crippen LogP contribution in [0, 0.1) is 6.92 Å². The minimum Gasteiger partial charge on any atom is -0.481 e. The van der Waals surface area contributed by atoms with E-state index < -0.39 is 5.97 Å². The van der Waals surface area contributed by atoms with Gasteiger partial charge in [0.25, 0.3) is 0 Å². The van der Waals surface area contributed by atoms with Crippen LogP contribution in [0.2, 0.25) is 0 Å². The van der Waals surface area contributed by atoms with Gasteiger partial charge in [-0.25, -0.2) is 4.98 Å². The number of carboxylic acid groups (broad SMARTS) is 1. The summed E-state index contributed by atoms with van der Waals surface area (Å²) in [5.74, 6) is -0.852. The summed E-state index contributed by atoms with van der Waals surface area (Å²) in [7, 11) is 0. The summed E-state index contributed by atoms with van der Waals surface area (Å²) in [6.07, 6.45) is 3.41. The number of nitrogens with zero attached hydrogens (tertiary/aromatic N) is 2. The Kier molecular flexibility index (Phi) is 2.96. The Balaban J connectivity index is 2.36. The average Bonchev–Trinajstić information content (AvgIpc) is 2.60. The Labute approximate surface area is 96.6 Å². The zero-order valence-corrected chi connectivity index (χ0v) is 9.49. The van der Waals surface area contributed by atoms with Crippen LogP contribution in [0.1, 0.15) is 10.7 Å². The van der Waals surface area contributed by atoms with Crippen LogP contribution in [0.5, 0.6) is 0 Å².